The van der Waals surface area contributed by atoms with Gasteiger partial charge < -0.3 is 4.79 Å². The minimum absolute atomic E-state index is 0.666. The standard InChI is InChI=1S/C13H28OSi/c1-11(2)7-15(10-14,8-12(3)4)9-13(5)6/h10-13H,7-9H2,1-6H3. The van der Waals surface area contributed by atoms with Crippen molar-refractivity contribution in [3.8, 4) is 0 Å². The maximum absolute atomic E-state index is 11.5. The van der Waals surface area contributed by atoms with Gasteiger partial charge in [0.1, 0.15) is 8.07 Å². The fraction of sp³-hybridized carbons (Fsp3) is 0.923. The molecule has 0 N–H and O–H groups in total. The van der Waals surface area contributed by atoms with Crippen LogP contribution in [0, 0.1) is 17.8 Å². The fourth-order valence-electron chi connectivity index (χ4n) is 2.83. The Morgan fingerprint density at radius 3 is 1.20 bits per heavy atom. The summed E-state index contributed by atoms with van der Waals surface area (Å²) >= 11 is 0. The molecule has 2 heteroatoms. The van der Waals surface area contributed by atoms with Crippen molar-refractivity contribution < 1.29 is 4.79 Å². The van der Waals surface area contributed by atoms with Crippen LogP contribution in [0.3, 0.4) is 0 Å². The van der Waals surface area contributed by atoms with Gasteiger partial charge in [0, 0.05) is 0 Å². The molecule has 15 heavy (non-hydrogen) atoms. The molecule has 0 unspecified atom stereocenters. The lowest BCUT2D eigenvalue weighted by Gasteiger charge is -2.30. The summed E-state index contributed by atoms with van der Waals surface area (Å²) in [4.78, 5) is 11.5. The SMILES string of the molecule is CC(C)C[Si](C=O)(CC(C)C)CC(C)C. The fourth-order valence-corrected chi connectivity index (χ4v) is 8.50. The van der Waals surface area contributed by atoms with Crippen molar-refractivity contribution in [3.05, 3.63) is 0 Å². The molecule has 0 saturated heterocycles. The van der Waals surface area contributed by atoms with Gasteiger partial charge in [0.2, 0.25) is 0 Å². The Labute approximate surface area is 96.7 Å². The van der Waals surface area contributed by atoms with Gasteiger partial charge in [-0.25, -0.2) is 0 Å². The number of rotatable bonds is 7. The predicted molar refractivity (Wildman–Crippen MR) is 71.4 cm³/mol. The van der Waals surface area contributed by atoms with E-state index in [4.69, 9.17) is 0 Å². The van der Waals surface area contributed by atoms with Gasteiger partial charge in [0.05, 0.1) is 5.91 Å². The Balaban J connectivity index is 4.66. The second-order valence-corrected chi connectivity index (χ2v) is 10.5. The summed E-state index contributed by atoms with van der Waals surface area (Å²) in [5.41, 5.74) is 0. The third-order valence-electron chi connectivity index (χ3n) is 2.69. The molecule has 0 atom stereocenters. The molecule has 1 nitrogen and oxygen atoms in total. The van der Waals surface area contributed by atoms with Gasteiger partial charge in [-0.05, 0) is 35.9 Å². The van der Waals surface area contributed by atoms with E-state index in [-0.39, 0.29) is 0 Å². The van der Waals surface area contributed by atoms with E-state index in [0.717, 1.165) is 0 Å². The van der Waals surface area contributed by atoms with E-state index in [9.17, 15) is 4.79 Å². The van der Waals surface area contributed by atoms with E-state index in [2.05, 4.69) is 41.5 Å². The molecule has 0 saturated carbocycles. The molecule has 0 aromatic carbocycles. The molecule has 90 valence electrons. The summed E-state index contributed by atoms with van der Waals surface area (Å²) in [5.74, 6) is 3.37. The van der Waals surface area contributed by atoms with E-state index < -0.39 is 8.07 Å². The normalized spacial score (nSPS) is 12.9. The molecular weight excluding hydrogens is 200 g/mol. The van der Waals surface area contributed by atoms with Gasteiger partial charge in [0.15, 0.2) is 0 Å². The Kier molecular flexibility index (Phi) is 6.42. The summed E-state index contributed by atoms with van der Waals surface area (Å²) in [6.45, 7) is 13.5. The van der Waals surface area contributed by atoms with Crippen molar-refractivity contribution in [2.75, 3.05) is 0 Å². The maximum atomic E-state index is 11.5. The third kappa shape index (κ3) is 6.13. The van der Waals surface area contributed by atoms with Crippen molar-refractivity contribution in [3.63, 3.8) is 0 Å². The second kappa shape index (κ2) is 6.47. The van der Waals surface area contributed by atoms with Crippen LogP contribution in [0.15, 0.2) is 0 Å². The first-order chi connectivity index (χ1) is 6.81. The highest BCUT2D eigenvalue weighted by molar-refractivity contribution is 7.01. The van der Waals surface area contributed by atoms with Crippen molar-refractivity contribution in [1.29, 1.82) is 0 Å². The zero-order chi connectivity index (χ0) is 12.1. The molecule has 0 amide bonds. The summed E-state index contributed by atoms with van der Waals surface area (Å²) < 4.78 is 0. The van der Waals surface area contributed by atoms with Crippen LogP contribution in [-0.2, 0) is 4.79 Å². The molecule has 0 radical (unpaired) electrons. The largest absolute Gasteiger partial charge is 0.309 e. The zero-order valence-corrected chi connectivity index (χ0v) is 12.3. The minimum Gasteiger partial charge on any atom is -0.309 e. The van der Waals surface area contributed by atoms with Crippen LogP contribution in [0.2, 0.25) is 18.1 Å². The quantitative estimate of drug-likeness (QED) is 0.472. The van der Waals surface area contributed by atoms with Crippen LogP contribution in [0.25, 0.3) is 0 Å². The first kappa shape index (κ1) is 14.9. The minimum atomic E-state index is -1.64. The van der Waals surface area contributed by atoms with Gasteiger partial charge in [-0.2, -0.15) is 0 Å². The van der Waals surface area contributed by atoms with E-state index in [1.54, 1.807) is 0 Å². The molecule has 0 rings (SSSR count). The van der Waals surface area contributed by atoms with Gasteiger partial charge in [-0.1, -0.05) is 41.5 Å². The average molecular weight is 228 g/mol. The molecule has 0 bridgehead atoms. The highest BCUT2D eigenvalue weighted by Crippen LogP contribution is 2.30. The number of hydrogen-bond donors (Lipinski definition) is 0. The Hall–Kier alpha value is -0.113. The van der Waals surface area contributed by atoms with Crippen molar-refractivity contribution in [2.24, 2.45) is 17.8 Å². The van der Waals surface area contributed by atoms with E-state index in [1.807, 2.05) is 0 Å². The highest BCUT2D eigenvalue weighted by Gasteiger charge is 2.35. The van der Waals surface area contributed by atoms with Gasteiger partial charge in [0.25, 0.3) is 0 Å². The smallest absolute Gasteiger partial charge is 0.129 e. The lowest BCUT2D eigenvalue weighted by Crippen LogP contribution is -2.40. The monoisotopic (exact) mass is 228 g/mol. The zero-order valence-electron chi connectivity index (χ0n) is 11.3. The first-order valence-electron chi connectivity index (χ1n) is 6.27. The predicted octanol–water partition coefficient (Wildman–Crippen LogP) is 4.18. The molecule has 0 spiro atoms. The lowest BCUT2D eigenvalue weighted by molar-refractivity contribution is 0.560. The molecule has 0 aliphatic heterocycles. The van der Waals surface area contributed by atoms with E-state index in [1.165, 1.54) is 24.0 Å². The van der Waals surface area contributed by atoms with Gasteiger partial charge >= 0.3 is 0 Å². The van der Waals surface area contributed by atoms with E-state index in [0.29, 0.717) is 17.8 Å². The maximum Gasteiger partial charge on any atom is 0.129 e. The molecule has 0 fully saturated rings. The van der Waals surface area contributed by atoms with E-state index >= 15 is 0 Å². The van der Waals surface area contributed by atoms with Crippen molar-refractivity contribution in [1.82, 2.24) is 0 Å². The number of carbonyl (C=O) groups is 1. The molecular formula is C13H28OSi. The lowest BCUT2D eigenvalue weighted by atomic mass is 10.2. The molecule has 0 aliphatic rings. The summed E-state index contributed by atoms with van der Waals surface area (Å²) in [6, 6.07) is 3.52. The molecule has 0 aromatic rings. The molecule has 0 heterocycles. The third-order valence-corrected chi connectivity index (χ3v) is 8.08. The number of hydrogen-bond acceptors (Lipinski definition) is 1. The van der Waals surface area contributed by atoms with Crippen LogP contribution >= 0.6 is 0 Å². The van der Waals surface area contributed by atoms with Crippen LogP contribution in [0.4, 0.5) is 0 Å². The molecule has 0 aromatic heterocycles. The summed E-state index contributed by atoms with van der Waals surface area (Å²) in [6.07, 6.45) is 0. The average Bonchev–Trinajstić information content (AvgIpc) is 1.99. The Morgan fingerprint density at radius 1 is 0.800 bits per heavy atom. The van der Waals surface area contributed by atoms with Crippen LogP contribution in [0.1, 0.15) is 41.5 Å². The Morgan fingerprint density at radius 2 is 1.07 bits per heavy atom. The van der Waals surface area contributed by atoms with Gasteiger partial charge in [-0.15, -0.1) is 0 Å². The summed E-state index contributed by atoms with van der Waals surface area (Å²) in [7, 11) is -1.64. The van der Waals surface area contributed by atoms with Gasteiger partial charge in [-0.3, -0.25) is 0 Å². The van der Waals surface area contributed by atoms with Crippen LogP contribution in [-0.4, -0.2) is 14.0 Å². The summed E-state index contributed by atoms with van der Waals surface area (Å²) in [5, 5.41) is 0. The van der Waals surface area contributed by atoms with Crippen molar-refractivity contribution >= 4 is 14.0 Å². The Bertz CT molecular complexity index is 158. The highest BCUT2D eigenvalue weighted by atomic mass is 28.3. The first-order valence-corrected chi connectivity index (χ1v) is 8.97. The van der Waals surface area contributed by atoms with Crippen LogP contribution < -0.4 is 0 Å². The molecule has 0 aliphatic carbocycles. The van der Waals surface area contributed by atoms with Crippen LogP contribution in [0.5, 0.6) is 0 Å². The number of carbonyl (C=O) groups excluding carboxylic acids is 1. The second-order valence-electron chi connectivity index (χ2n) is 6.27. The van der Waals surface area contributed by atoms with Crippen molar-refractivity contribution in [2.45, 2.75) is 59.7 Å². The topological polar surface area (TPSA) is 17.1 Å².